The fourth-order valence-electron chi connectivity index (χ4n) is 10.3. The summed E-state index contributed by atoms with van der Waals surface area (Å²) in [5.74, 6) is 2.79. The van der Waals surface area contributed by atoms with Crippen LogP contribution in [0.5, 0.6) is 0 Å². The summed E-state index contributed by atoms with van der Waals surface area (Å²) >= 11 is 3.28. The summed E-state index contributed by atoms with van der Waals surface area (Å²) in [6.45, 7) is 5.52. The van der Waals surface area contributed by atoms with Gasteiger partial charge in [-0.15, -0.1) is 0 Å². The number of amides is 4. The summed E-state index contributed by atoms with van der Waals surface area (Å²) < 4.78 is 9.74. The van der Waals surface area contributed by atoms with Crippen LogP contribution in [0, 0.1) is 6.92 Å². The van der Waals surface area contributed by atoms with Crippen LogP contribution < -0.4 is 10.6 Å². The lowest BCUT2D eigenvalue weighted by atomic mass is 9.91. The third-order valence-electron chi connectivity index (χ3n) is 14.1. The molecule has 6 aromatic rings. The van der Waals surface area contributed by atoms with Crippen LogP contribution in [-0.2, 0) is 38.3 Å². The van der Waals surface area contributed by atoms with Crippen LogP contribution in [0.3, 0.4) is 0 Å². The van der Waals surface area contributed by atoms with E-state index in [1.807, 2.05) is 22.3 Å². The Morgan fingerprint density at radius 3 is 1.66 bits per heavy atom. The SMILES string of the molecule is CCc1ccc(CCc2ccc(C)cc2-c2ccc3[nH]c([C@@H]4CCCCN4C(=O)[C@H](CCSC)NC(=O)OC)nc3c2)cc1-c1ccc2[nH]c([C@@H]3CCCCN3C(=O)[C@H](CCSC)NC(=O)OC)nc2c1. The largest absolute Gasteiger partial charge is 0.453 e. The van der Waals surface area contributed by atoms with Crippen molar-refractivity contribution in [2.45, 2.75) is 109 Å². The molecule has 4 heterocycles. The molecule has 0 unspecified atom stereocenters. The first kappa shape index (κ1) is 51.4. The zero-order valence-corrected chi connectivity index (χ0v) is 43.5. The van der Waals surface area contributed by atoms with Crippen molar-refractivity contribution in [3.63, 3.8) is 0 Å². The number of likely N-dealkylation sites (tertiary alicyclic amines) is 2. The number of nitrogens with zero attached hydrogens (tertiary/aromatic N) is 4. The topological polar surface area (TPSA) is 175 Å². The summed E-state index contributed by atoms with van der Waals surface area (Å²) in [7, 11) is 2.63. The first-order valence-corrected chi connectivity index (χ1v) is 27.8. The number of piperidine rings is 2. The molecule has 16 heteroatoms. The number of alkyl carbamates (subject to hydrolysis) is 2. The second kappa shape index (κ2) is 23.9. The molecule has 71 heavy (non-hydrogen) atoms. The lowest BCUT2D eigenvalue weighted by molar-refractivity contribution is -0.138. The first-order chi connectivity index (χ1) is 34.5. The number of rotatable bonds is 18. The molecule has 0 saturated carbocycles. The Hall–Kier alpha value is -6.00. The molecule has 2 aromatic heterocycles. The molecule has 14 nitrogen and oxygen atoms in total. The van der Waals surface area contributed by atoms with Gasteiger partial charge in [0.15, 0.2) is 0 Å². The minimum Gasteiger partial charge on any atom is -0.453 e. The van der Waals surface area contributed by atoms with Crippen LogP contribution in [0.15, 0.2) is 72.8 Å². The van der Waals surface area contributed by atoms with E-state index in [-0.39, 0.29) is 23.9 Å². The molecular weight excluding hydrogens is 933 g/mol. The van der Waals surface area contributed by atoms with Crippen molar-refractivity contribution < 1.29 is 28.7 Å². The summed E-state index contributed by atoms with van der Waals surface area (Å²) in [6, 6.07) is 24.6. The normalized spacial score (nSPS) is 17.0. The van der Waals surface area contributed by atoms with E-state index in [4.69, 9.17) is 19.4 Å². The zero-order valence-electron chi connectivity index (χ0n) is 41.9. The van der Waals surface area contributed by atoms with Gasteiger partial charge in [0.05, 0.1) is 48.4 Å². The van der Waals surface area contributed by atoms with Crippen LogP contribution in [0.2, 0.25) is 0 Å². The fraction of sp³-hybridized carbons (Fsp3) is 0.455. The van der Waals surface area contributed by atoms with Crippen molar-refractivity contribution in [1.82, 2.24) is 40.4 Å². The number of aryl methyl sites for hydroxylation is 4. The Morgan fingerprint density at radius 2 is 1.17 bits per heavy atom. The summed E-state index contributed by atoms with van der Waals surface area (Å²) in [5.41, 5.74) is 13.0. The van der Waals surface area contributed by atoms with Gasteiger partial charge in [-0.2, -0.15) is 23.5 Å². The fourth-order valence-corrected chi connectivity index (χ4v) is 11.2. The van der Waals surface area contributed by atoms with Gasteiger partial charge >= 0.3 is 12.2 Å². The molecular formula is C55H68N8O6S2. The average Bonchev–Trinajstić information content (AvgIpc) is 4.04. The molecule has 2 fully saturated rings. The van der Waals surface area contributed by atoms with Crippen LogP contribution in [0.4, 0.5) is 9.59 Å². The second-order valence-corrected chi connectivity index (χ2v) is 20.7. The highest BCUT2D eigenvalue weighted by Gasteiger charge is 2.36. The monoisotopic (exact) mass is 1000 g/mol. The maximum atomic E-state index is 14.0. The number of aromatic nitrogens is 4. The van der Waals surface area contributed by atoms with Crippen molar-refractivity contribution >= 4 is 69.6 Å². The minimum absolute atomic E-state index is 0.105. The van der Waals surface area contributed by atoms with Crippen LogP contribution in [-0.4, -0.2) is 117 Å². The lowest BCUT2D eigenvalue weighted by Gasteiger charge is -2.36. The number of thioether (sulfide) groups is 2. The van der Waals surface area contributed by atoms with Crippen molar-refractivity contribution in [3.8, 4) is 22.3 Å². The minimum atomic E-state index is -0.671. The molecule has 4 atom stereocenters. The number of carbonyl (C=O) groups excluding carboxylic acids is 4. The smallest absolute Gasteiger partial charge is 0.407 e. The molecule has 376 valence electrons. The third kappa shape index (κ3) is 12.0. The van der Waals surface area contributed by atoms with Crippen LogP contribution in [0.1, 0.15) is 104 Å². The van der Waals surface area contributed by atoms with Crippen molar-refractivity contribution in [3.05, 3.63) is 107 Å². The average molecular weight is 1000 g/mol. The number of benzene rings is 4. The third-order valence-corrected chi connectivity index (χ3v) is 15.4. The number of fused-ring (bicyclic) bond motifs is 2. The number of hydrogen-bond acceptors (Lipinski definition) is 10. The van der Waals surface area contributed by atoms with Crippen molar-refractivity contribution in [1.29, 1.82) is 0 Å². The molecule has 0 aliphatic carbocycles. The molecule has 4 N–H and O–H groups in total. The van der Waals surface area contributed by atoms with E-state index < -0.39 is 24.3 Å². The predicted octanol–water partition coefficient (Wildman–Crippen LogP) is 10.5. The van der Waals surface area contributed by atoms with Gasteiger partial charge in [0, 0.05) is 13.1 Å². The van der Waals surface area contributed by atoms with E-state index in [1.54, 1.807) is 23.5 Å². The molecule has 2 saturated heterocycles. The van der Waals surface area contributed by atoms with Gasteiger partial charge in [-0.05, 0) is 165 Å². The number of methoxy groups -OCH3 is 2. The van der Waals surface area contributed by atoms with Gasteiger partial charge in [0.2, 0.25) is 11.8 Å². The van der Waals surface area contributed by atoms with E-state index in [1.165, 1.54) is 47.6 Å². The number of nitrogens with one attached hydrogen (secondary N) is 4. The number of imidazole rings is 2. The van der Waals surface area contributed by atoms with Crippen molar-refractivity contribution in [2.75, 3.05) is 51.3 Å². The molecule has 0 radical (unpaired) electrons. The lowest BCUT2D eigenvalue weighted by Crippen LogP contribution is -2.51. The molecule has 0 spiro atoms. The highest BCUT2D eigenvalue weighted by molar-refractivity contribution is 7.98. The Bertz CT molecular complexity index is 2850. The Kier molecular flexibility index (Phi) is 17.3. The molecule has 8 rings (SSSR count). The van der Waals surface area contributed by atoms with E-state index in [9.17, 15) is 19.2 Å². The molecule has 2 aliphatic heterocycles. The highest BCUT2D eigenvalue weighted by Crippen LogP contribution is 2.36. The predicted molar refractivity (Wildman–Crippen MR) is 286 cm³/mol. The standard InChI is InChI=1S/C55H68N8O6S2/c1-7-36-18-15-35(31-41(36)39-21-23-43-47(33-39)59-51(57-43)49-13-9-11-27-63(49)53(65)45(25-29-71-6)61-55(67)69-4)16-19-37-17-14-34(2)30-40(37)38-20-22-42-46(32-38)58-50(56-42)48-12-8-10-26-62(48)52(64)44(24-28-70-5)60-54(66)68-3/h14-15,17-18,20-23,30-33,44-45,48-49H,7-13,16,19,24-29H2,1-6H3,(H,56,58)(H,57,59)(H,60,66)(H,61,67)/t44-,45-,48-,49-/m0/s1. The van der Waals surface area contributed by atoms with E-state index in [0.29, 0.717) is 25.9 Å². The Balaban J connectivity index is 1.01. The summed E-state index contributed by atoms with van der Waals surface area (Å²) in [5, 5.41) is 5.56. The van der Waals surface area contributed by atoms with Gasteiger partial charge < -0.3 is 39.9 Å². The molecule has 2 aliphatic rings. The first-order valence-electron chi connectivity index (χ1n) is 25.0. The van der Waals surface area contributed by atoms with Crippen molar-refractivity contribution in [2.24, 2.45) is 0 Å². The zero-order chi connectivity index (χ0) is 50.0. The van der Waals surface area contributed by atoms with Gasteiger partial charge in [-0.1, -0.05) is 61.0 Å². The number of carbonyl (C=O) groups is 4. The molecule has 4 aromatic carbocycles. The number of ether oxygens (including phenoxy) is 2. The number of aromatic amines is 2. The van der Waals surface area contributed by atoms with Gasteiger partial charge in [-0.3, -0.25) is 9.59 Å². The maximum Gasteiger partial charge on any atom is 0.407 e. The quantitative estimate of drug-likeness (QED) is 0.0649. The Morgan fingerprint density at radius 1 is 0.662 bits per heavy atom. The van der Waals surface area contributed by atoms with Gasteiger partial charge in [0.1, 0.15) is 23.7 Å². The maximum absolute atomic E-state index is 14.0. The Labute approximate surface area is 425 Å². The van der Waals surface area contributed by atoms with E-state index in [0.717, 1.165) is 114 Å². The second-order valence-electron chi connectivity index (χ2n) is 18.7. The molecule has 4 amide bonds. The summed E-state index contributed by atoms with van der Waals surface area (Å²) in [6.07, 6.45) is 11.7. The number of H-pyrrole nitrogens is 2. The highest BCUT2D eigenvalue weighted by atomic mass is 32.2. The van der Waals surface area contributed by atoms with E-state index >= 15 is 0 Å². The van der Waals surface area contributed by atoms with Crippen LogP contribution >= 0.6 is 23.5 Å². The van der Waals surface area contributed by atoms with Gasteiger partial charge in [-0.25, -0.2) is 19.6 Å². The van der Waals surface area contributed by atoms with E-state index in [2.05, 4.69) is 107 Å². The summed E-state index contributed by atoms with van der Waals surface area (Å²) in [4.78, 5) is 73.7. The molecule has 0 bridgehead atoms. The van der Waals surface area contributed by atoms with Crippen LogP contribution in [0.25, 0.3) is 44.3 Å². The van der Waals surface area contributed by atoms with Gasteiger partial charge in [0.25, 0.3) is 0 Å². The number of hydrogen-bond donors (Lipinski definition) is 4.